The van der Waals surface area contributed by atoms with Crippen molar-refractivity contribution >= 4 is 15.9 Å². The summed E-state index contributed by atoms with van der Waals surface area (Å²) in [6.45, 7) is 1.17. The van der Waals surface area contributed by atoms with Crippen LogP contribution >= 0.6 is 0 Å². The van der Waals surface area contributed by atoms with Crippen LogP contribution in [0, 0.1) is 5.92 Å². The van der Waals surface area contributed by atoms with Gasteiger partial charge in [0.1, 0.15) is 0 Å². The van der Waals surface area contributed by atoms with Crippen LogP contribution in [0.2, 0.25) is 0 Å². The molecule has 114 valence electrons. The van der Waals surface area contributed by atoms with Crippen LogP contribution in [-0.2, 0) is 21.4 Å². The Morgan fingerprint density at radius 2 is 2.19 bits per heavy atom. The summed E-state index contributed by atoms with van der Waals surface area (Å²) in [5.74, 6) is -0.248. The number of fused-ring (bicyclic) bond motifs is 1. The number of nitrogens with one attached hydrogen (secondary N) is 1. The molecule has 6 nitrogen and oxygen atoms in total. The number of amides is 1. The van der Waals surface area contributed by atoms with Crippen LogP contribution in [0.15, 0.2) is 29.2 Å². The van der Waals surface area contributed by atoms with Crippen molar-refractivity contribution in [3.63, 3.8) is 0 Å². The molecule has 2 aliphatic heterocycles. The summed E-state index contributed by atoms with van der Waals surface area (Å²) < 4.78 is 27.2. The largest absolute Gasteiger partial charge is 0.354 e. The van der Waals surface area contributed by atoms with E-state index in [1.54, 1.807) is 24.3 Å². The molecule has 0 bridgehead atoms. The lowest BCUT2D eigenvalue weighted by Gasteiger charge is -2.34. The molecule has 2 saturated heterocycles. The number of rotatable bonds is 3. The van der Waals surface area contributed by atoms with E-state index in [0.717, 1.165) is 12.0 Å². The van der Waals surface area contributed by atoms with Crippen LogP contribution < -0.4 is 11.1 Å². The molecule has 1 aromatic carbocycles. The molecule has 0 radical (unpaired) electrons. The monoisotopic (exact) mass is 309 g/mol. The Morgan fingerprint density at radius 3 is 2.95 bits per heavy atom. The van der Waals surface area contributed by atoms with E-state index in [1.807, 2.05) is 0 Å². The van der Waals surface area contributed by atoms with Gasteiger partial charge in [0.05, 0.1) is 16.9 Å². The minimum Gasteiger partial charge on any atom is -0.354 e. The third kappa shape index (κ3) is 2.45. The SMILES string of the molecule is NCc1cccc(S(=O)(=O)N2CCCC3C(=O)NCC32)c1. The maximum absolute atomic E-state index is 12.9. The molecular formula is C14H19N3O3S. The van der Waals surface area contributed by atoms with Gasteiger partial charge in [0.25, 0.3) is 0 Å². The van der Waals surface area contributed by atoms with Crippen molar-refractivity contribution in [2.24, 2.45) is 11.7 Å². The van der Waals surface area contributed by atoms with E-state index >= 15 is 0 Å². The fraction of sp³-hybridized carbons (Fsp3) is 0.500. The van der Waals surface area contributed by atoms with Crippen molar-refractivity contribution in [2.45, 2.75) is 30.3 Å². The lowest BCUT2D eigenvalue weighted by molar-refractivity contribution is -0.123. The Bertz CT molecular complexity index is 659. The molecule has 0 spiro atoms. The van der Waals surface area contributed by atoms with Crippen LogP contribution in [0.4, 0.5) is 0 Å². The number of benzene rings is 1. The molecule has 3 N–H and O–H groups in total. The molecule has 1 aromatic rings. The molecule has 2 aliphatic rings. The van der Waals surface area contributed by atoms with Crippen LogP contribution in [0.1, 0.15) is 18.4 Å². The summed E-state index contributed by atoms with van der Waals surface area (Å²) in [5.41, 5.74) is 6.36. The Labute approximate surface area is 124 Å². The lowest BCUT2D eigenvalue weighted by Crippen LogP contribution is -2.48. The average molecular weight is 309 g/mol. The van der Waals surface area contributed by atoms with E-state index in [1.165, 1.54) is 4.31 Å². The quantitative estimate of drug-likeness (QED) is 0.825. The van der Waals surface area contributed by atoms with E-state index in [0.29, 0.717) is 26.1 Å². The molecule has 2 fully saturated rings. The van der Waals surface area contributed by atoms with Gasteiger partial charge in [-0.15, -0.1) is 0 Å². The van der Waals surface area contributed by atoms with E-state index in [9.17, 15) is 13.2 Å². The summed E-state index contributed by atoms with van der Waals surface area (Å²) in [6, 6.07) is 6.44. The zero-order chi connectivity index (χ0) is 15.0. The van der Waals surface area contributed by atoms with Crippen LogP contribution in [0.5, 0.6) is 0 Å². The number of carbonyl (C=O) groups is 1. The van der Waals surface area contributed by atoms with Gasteiger partial charge in [-0.25, -0.2) is 8.42 Å². The molecule has 0 aliphatic carbocycles. The van der Waals surface area contributed by atoms with Crippen molar-refractivity contribution in [3.8, 4) is 0 Å². The first-order valence-corrected chi connectivity index (χ1v) is 8.56. The third-order valence-corrected chi connectivity index (χ3v) is 6.21. The minimum atomic E-state index is -3.59. The first kappa shape index (κ1) is 14.5. The first-order valence-electron chi connectivity index (χ1n) is 7.12. The summed E-state index contributed by atoms with van der Waals surface area (Å²) in [4.78, 5) is 12.0. The first-order chi connectivity index (χ1) is 10.0. The summed E-state index contributed by atoms with van der Waals surface area (Å²) in [6.07, 6.45) is 1.47. The molecule has 3 rings (SSSR count). The Hall–Kier alpha value is -1.44. The normalized spacial score (nSPS) is 26.4. The highest BCUT2D eigenvalue weighted by atomic mass is 32.2. The van der Waals surface area contributed by atoms with Gasteiger partial charge < -0.3 is 11.1 Å². The van der Waals surface area contributed by atoms with Crippen LogP contribution in [0.3, 0.4) is 0 Å². The van der Waals surface area contributed by atoms with E-state index in [4.69, 9.17) is 5.73 Å². The Kier molecular flexibility index (Phi) is 3.73. The molecule has 1 amide bonds. The van der Waals surface area contributed by atoms with Gasteiger partial charge in [-0.05, 0) is 30.5 Å². The predicted molar refractivity (Wildman–Crippen MR) is 77.7 cm³/mol. The highest BCUT2D eigenvalue weighted by molar-refractivity contribution is 7.89. The smallest absolute Gasteiger partial charge is 0.243 e. The second kappa shape index (κ2) is 5.40. The van der Waals surface area contributed by atoms with E-state index < -0.39 is 10.0 Å². The molecule has 0 aromatic heterocycles. The van der Waals surface area contributed by atoms with Crippen molar-refractivity contribution in [1.29, 1.82) is 0 Å². The van der Waals surface area contributed by atoms with Gasteiger partial charge in [-0.1, -0.05) is 12.1 Å². The van der Waals surface area contributed by atoms with Gasteiger partial charge in [-0.3, -0.25) is 4.79 Å². The van der Waals surface area contributed by atoms with Crippen molar-refractivity contribution in [1.82, 2.24) is 9.62 Å². The number of carbonyl (C=O) groups excluding carboxylic acids is 1. The fourth-order valence-corrected chi connectivity index (χ4v) is 4.95. The molecule has 2 atom stereocenters. The number of sulfonamides is 1. The highest BCUT2D eigenvalue weighted by Crippen LogP contribution is 2.32. The zero-order valence-electron chi connectivity index (χ0n) is 11.7. The highest BCUT2D eigenvalue weighted by Gasteiger charge is 2.45. The van der Waals surface area contributed by atoms with Gasteiger partial charge >= 0.3 is 0 Å². The van der Waals surface area contributed by atoms with E-state index in [-0.39, 0.29) is 22.8 Å². The molecule has 7 heteroatoms. The second-order valence-corrected chi connectivity index (χ2v) is 7.42. The number of piperidine rings is 1. The molecule has 2 unspecified atom stereocenters. The molecule has 21 heavy (non-hydrogen) atoms. The predicted octanol–water partition coefficient (Wildman–Crippen LogP) is 0.0444. The number of nitrogens with two attached hydrogens (primary N) is 1. The van der Waals surface area contributed by atoms with Crippen LogP contribution in [-0.4, -0.2) is 37.8 Å². The molecule has 2 heterocycles. The average Bonchev–Trinajstić information content (AvgIpc) is 2.89. The van der Waals surface area contributed by atoms with Crippen molar-refractivity contribution in [2.75, 3.05) is 13.1 Å². The van der Waals surface area contributed by atoms with Crippen molar-refractivity contribution in [3.05, 3.63) is 29.8 Å². The fourth-order valence-electron chi connectivity index (χ4n) is 3.18. The summed E-state index contributed by atoms with van der Waals surface area (Å²) >= 11 is 0. The van der Waals surface area contributed by atoms with Crippen LogP contribution in [0.25, 0.3) is 0 Å². The van der Waals surface area contributed by atoms with Gasteiger partial charge in [0, 0.05) is 19.6 Å². The maximum atomic E-state index is 12.9. The Morgan fingerprint density at radius 1 is 1.38 bits per heavy atom. The van der Waals surface area contributed by atoms with Gasteiger partial charge in [0.15, 0.2) is 0 Å². The zero-order valence-corrected chi connectivity index (χ0v) is 12.5. The number of nitrogens with zero attached hydrogens (tertiary/aromatic N) is 1. The summed E-state index contributed by atoms with van der Waals surface area (Å²) in [7, 11) is -3.59. The van der Waals surface area contributed by atoms with E-state index in [2.05, 4.69) is 5.32 Å². The summed E-state index contributed by atoms with van der Waals surface area (Å²) in [5, 5.41) is 2.77. The number of hydrogen-bond acceptors (Lipinski definition) is 4. The lowest BCUT2D eigenvalue weighted by atomic mass is 9.93. The van der Waals surface area contributed by atoms with Gasteiger partial charge in [-0.2, -0.15) is 4.31 Å². The van der Waals surface area contributed by atoms with Crippen molar-refractivity contribution < 1.29 is 13.2 Å². The van der Waals surface area contributed by atoms with Gasteiger partial charge in [0.2, 0.25) is 15.9 Å². The topological polar surface area (TPSA) is 92.5 Å². The number of hydrogen-bond donors (Lipinski definition) is 2. The Balaban J connectivity index is 1.95. The second-order valence-electron chi connectivity index (χ2n) is 5.53. The standard InChI is InChI=1S/C14H19N3O3S/c15-8-10-3-1-4-11(7-10)21(19,20)17-6-2-5-12-13(17)9-16-14(12)18/h1,3-4,7,12-13H,2,5-6,8-9,15H2,(H,16,18). The third-order valence-electron chi connectivity index (χ3n) is 4.29. The maximum Gasteiger partial charge on any atom is 0.243 e. The molecule has 0 saturated carbocycles. The molecular weight excluding hydrogens is 290 g/mol. The minimum absolute atomic E-state index is 0.0318.